The first-order valence-corrected chi connectivity index (χ1v) is 7.59. The summed E-state index contributed by atoms with van der Waals surface area (Å²) in [5.74, 6) is 0.957. The normalized spacial score (nSPS) is 27.5. The van der Waals surface area contributed by atoms with Gasteiger partial charge in [0.1, 0.15) is 0 Å². The van der Waals surface area contributed by atoms with E-state index in [4.69, 9.17) is 10.9 Å². The second-order valence-corrected chi connectivity index (χ2v) is 5.97. The quantitative estimate of drug-likeness (QED) is 0.384. The third-order valence-electron chi connectivity index (χ3n) is 4.77. The lowest BCUT2D eigenvalue weighted by Crippen LogP contribution is -2.42. The van der Waals surface area contributed by atoms with Gasteiger partial charge in [-0.3, -0.25) is 4.90 Å². The van der Waals surface area contributed by atoms with Gasteiger partial charge in [0, 0.05) is 6.54 Å². The SMILES string of the molecule is NC(=NO)C1CCCN1CC1CCCc2ccccc21. The number of hydrogen-bond acceptors (Lipinski definition) is 3. The Morgan fingerprint density at radius 1 is 1.30 bits per heavy atom. The number of hydrogen-bond donors (Lipinski definition) is 2. The molecule has 1 aromatic carbocycles. The third kappa shape index (κ3) is 2.52. The van der Waals surface area contributed by atoms with Crippen molar-refractivity contribution in [1.29, 1.82) is 0 Å². The van der Waals surface area contributed by atoms with Crippen molar-refractivity contribution in [2.75, 3.05) is 13.1 Å². The van der Waals surface area contributed by atoms with Gasteiger partial charge in [0.05, 0.1) is 6.04 Å². The van der Waals surface area contributed by atoms with Crippen LogP contribution in [0.3, 0.4) is 0 Å². The molecule has 3 rings (SSSR count). The van der Waals surface area contributed by atoms with E-state index in [0.717, 1.165) is 25.9 Å². The van der Waals surface area contributed by atoms with E-state index in [1.165, 1.54) is 30.4 Å². The number of oxime groups is 1. The molecular weight excluding hydrogens is 250 g/mol. The highest BCUT2D eigenvalue weighted by Crippen LogP contribution is 2.33. The molecule has 108 valence electrons. The first-order chi connectivity index (χ1) is 9.79. The lowest BCUT2D eigenvalue weighted by atomic mass is 9.82. The summed E-state index contributed by atoms with van der Waals surface area (Å²) < 4.78 is 0. The highest BCUT2D eigenvalue weighted by molar-refractivity contribution is 5.85. The van der Waals surface area contributed by atoms with Gasteiger partial charge in [0.2, 0.25) is 0 Å². The summed E-state index contributed by atoms with van der Waals surface area (Å²) in [5, 5.41) is 12.1. The first-order valence-electron chi connectivity index (χ1n) is 7.59. The molecule has 0 saturated carbocycles. The van der Waals surface area contributed by atoms with Gasteiger partial charge in [-0.1, -0.05) is 29.4 Å². The number of rotatable bonds is 3. The van der Waals surface area contributed by atoms with Gasteiger partial charge in [-0.15, -0.1) is 0 Å². The second kappa shape index (κ2) is 5.83. The van der Waals surface area contributed by atoms with Crippen molar-refractivity contribution in [3.63, 3.8) is 0 Å². The molecule has 0 amide bonds. The molecule has 3 N–H and O–H groups in total. The van der Waals surface area contributed by atoms with Crippen LogP contribution in [0.4, 0.5) is 0 Å². The topological polar surface area (TPSA) is 61.9 Å². The molecule has 1 aliphatic carbocycles. The fraction of sp³-hybridized carbons (Fsp3) is 0.562. The highest BCUT2D eigenvalue weighted by atomic mass is 16.4. The molecule has 1 aliphatic heterocycles. The molecule has 1 heterocycles. The number of amidine groups is 1. The maximum atomic E-state index is 8.91. The van der Waals surface area contributed by atoms with Crippen LogP contribution in [-0.4, -0.2) is 35.1 Å². The van der Waals surface area contributed by atoms with Crippen molar-refractivity contribution < 1.29 is 5.21 Å². The van der Waals surface area contributed by atoms with Crippen molar-refractivity contribution >= 4 is 5.84 Å². The zero-order valence-electron chi connectivity index (χ0n) is 11.8. The van der Waals surface area contributed by atoms with Gasteiger partial charge in [0.15, 0.2) is 5.84 Å². The Labute approximate surface area is 120 Å². The Bertz CT molecular complexity index is 500. The molecule has 1 aromatic rings. The smallest absolute Gasteiger partial charge is 0.156 e. The van der Waals surface area contributed by atoms with E-state index in [2.05, 4.69) is 34.3 Å². The van der Waals surface area contributed by atoms with Crippen molar-refractivity contribution in [2.45, 2.75) is 44.1 Å². The number of likely N-dealkylation sites (tertiary alicyclic amines) is 1. The summed E-state index contributed by atoms with van der Waals surface area (Å²) in [6, 6.07) is 8.92. The average Bonchev–Trinajstić information content (AvgIpc) is 2.95. The highest BCUT2D eigenvalue weighted by Gasteiger charge is 2.31. The first kappa shape index (κ1) is 13.4. The van der Waals surface area contributed by atoms with Crippen LogP contribution in [0, 0.1) is 0 Å². The summed E-state index contributed by atoms with van der Waals surface area (Å²) in [5.41, 5.74) is 8.83. The van der Waals surface area contributed by atoms with Gasteiger partial charge in [0.25, 0.3) is 0 Å². The number of benzene rings is 1. The molecular formula is C16H23N3O. The predicted octanol–water partition coefficient (Wildman–Crippen LogP) is 2.32. The van der Waals surface area contributed by atoms with Gasteiger partial charge < -0.3 is 10.9 Å². The zero-order valence-corrected chi connectivity index (χ0v) is 11.8. The fourth-order valence-corrected chi connectivity index (χ4v) is 3.77. The molecule has 4 nitrogen and oxygen atoms in total. The largest absolute Gasteiger partial charge is 0.409 e. The number of nitrogens with two attached hydrogens (primary N) is 1. The Hall–Kier alpha value is -1.55. The van der Waals surface area contributed by atoms with Crippen molar-refractivity contribution in [3.8, 4) is 0 Å². The molecule has 0 spiro atoms. The Morgan fingerprint density at radius 2 is 2.15 bits per heavy atom. The molecule has 1 saturated heterocycles. The Balaban J connectivity index is 1.75. The maximum Gasteiger partial charge on any atom is 0.156 e. The second-order valence-electron chi connectivity index (χ2n) is 5.97. The van der Waals surface area contributed by atoms with E-state index >= 15 is 0 Å². The van der Waals surface area contributed by atoms with E-state index in [-0.39, 0.29) is 6.04 Å². The van der Waals surface area contributed by atoms with E-state index in [1.807, 2.05) is 0 Å². The van der Waals surface area contributed by atoms with Crippen LogP contribution in [-0.2, 0) is 6.42 Å². The van der Waals surface area contributed by atoms with Crippen LogP contribution < -0.4 is 5.73 Å². The minimum Gasteiger partial charge on any atom is -0.409 e. The molecule has 0 bridgehead atoms. The Morgan fingerprint density at radius 3 is 3.00 bits per heavy atom. The van der Waals surface area contributed by atoms with Gasteiger partial charge >= 0.3 is 0 Å². The average molecular weight is 273 g/mol. The van der Waals surface area contributed by atoms with E-state index in [0.29, 0.717) is 11.8 Å². The van der Waals surface area contributed by atoms with Crippen LogP contribution in [0.1, 0.15) is 42.7 Å². The summed E-state index contributed by atoms with van der Waals surface area (Å²) >= 11 is 0. The zero-order chi connectivity index (χ0) is 13.9. The van der Waals surface area contributed by atoms with Gasteiger partial charge in [-0.25, -0.2) is 0 Å². The lowest BCUT2D eigenvalue weighted by molar-refractivity contribution is 0.259. The summed E-state index contributed by atoms with van der Waals surface area (Å²) in [6.45, 7) is 2.08. The molecule has 2 aliphatic rings. The summed E-state index contributed by atoms with van der Waals surface area (Å²) in [4.78, 5) is 2.39. The van der Waals surface area contributed by atoms with Crippen molar-refractivity contribution in [1.82, 2.24) is 4.90 Å². The van der Waals surface area contributed by atoms with Gasteiger partial charge in [-0.05, 0) is 55.7 Å². The van der Waals surface area contributed by atoms with E-state index in [9.17, 15) is 0 Å². The van der Waals surface area contributed by atoms with Crippen LogP contribution in [0.2, 0.25) is 0 Å². The lowest BCUT2D eigenvalue weighted by Gasteiger charge is -2.32. The summed E-state index contributed by atoms with van der Waals surface area (Å²) in [6.07, 6.45) is 5.86. The Kier molecular flexibility index (Phi) is 3.92. The van der Waals surface area contributed by atoms with Crippen LogP contribution in [0.15, 0.2) is 29.4 Å². The van der Waals surface area contributed by atoms with Crippen molar-refractivity contribution in [3.05, 3.63) is 35.4 Å². The van der Waals surface area contributed by atoms with Gasteiger partial charge in [-0.2, -0.15) is 0 Å². The minimum absolute atomic E-state index is 0.120. The molecule has 0 radical (unpaired) electrons. The monoisotopic (exact) mass is 273 g/mol. The van der Waals surface area contributed by atoms with E-state index in [1.54, 1.807) is 0 Å². The number of fused-ring (bicyclic) bond motifs is 1. The number of nitrogens with zero attached hydrogens (tertiary/aromatic N) is 2. The molecule has 0 aromatic heterocycles. The molecule has 2 unspecified atom stereocenters. The number of aryl methyl sites for hydroxylation is 1. The van der Waals surface area contributed by atoms with Crippen LogP contribution in [0.5, 0.6) is 0 Å². The van der Waals surface area contributed by atoms with Crippen molar-refractivity contribution in [2.24, 2.45) is 10.9 Å². The summed E-state index contributed by atoms with van der Waals surface area (Å²) in [7, 11) is 0. The minimum atomic E-state index is 0.120. The fourth-order valence-electron chi connectivity index (χ4n) is 3.77. The molecule has 4 heteroatoms. The predicted molar refractivity (Wildman–Crippen MR) is 80.1 cm³/mol. The van der Waals surface area contributed by atoms with Crippen LogP contribution >= 0.6 is 0 Å². The maximum absolute atomic E-state index is 8.91. The van der Waals surface area contributed by atoms with Crippen LogP contribution in [0.25, 0.3) is 0 Å². The standard InChI is InChI=1S/C16H23N3O/c17-16(18-20)15-9-4-10-19(15)11-13-7-3-6-12-5-1-2-8-14(12)13/h1-2,5,8,13,15,20H,3-4,6-7,9-11H2,(H2,17,18). The third-order valence-corrected chi connectivity index (χ3v) is 4.77. The molecule has 2 atom stereocenters. The molecule has 20 heavy (non-hydrogen) atoms. The molecule has 1 fully saturated rings. The van der Waals surface area contributed by atoms with E-state index < -0.39 is 0 Å².